The highest BCUT2D eigenvalue weighted by molar-refractivity contribution is 5.95. The molecule has 0 bridgehead atoms. The molecule has 0 radical (unpaired) electrons. The quantitative estimate of drug-likeness (QED) is 0.838. The molecule has 17 heavy (non-hydrogen) atoms. The first-order valence-corrected chi connectivity index (χ1v) is 5.95. The average Bonchev–Trinajstić information content (AvgIpc) is 2.83. The second-order valence-corrected chi connectivity index (χ2v) is 4.37. The summed E-state index contributed by atoms with van der Waals surface area (Å²) in [5.74, 6) is -0.0735. The molecule has 1 aliphatic heterocycles. The number of hydrogen-bond donors (Lipinski definition) is 2. The van der Waals surface area contributed by atoms with Crippen molar-refractivity contribution in [3.63, 3.8) is 0 Å². The lowest BCUT2D eigenvalue weighted by Crippen LogP contribution is -2.27. The Labute approximate surface area is 101 Å². The lowest BCUT2D eigenvalue weighted by molar-refractivity contribution is -0.124. The second kappa shape index (κ2) is 5.29. The first-order valence-electron chi connectivity index (χ1n) is 5.95. The summed E-state index contributed by atoms with van der Waals surface area (Å²) in [5.41, 5.74) is 7.59. The van der Waals surface area contributed by atoms with Crippen molar-refractivity contribution in [1.29, 1.82) is 0 Å². The molecular formula is C13H18N2O2. The molecule has 0 saturated carbocycles. The molecule has 1 aliphatic rings. The minimum Gasteiger partial charge on any atom is -0.368 e. The Morgan fingerprint density at radius 1 is 1.53 bits per heavy atom. The van der Waals surface area contributed by atoms with Crippen LogP contribution in [-0.4, -0.2) is 18.6 Å². The van der Waals surface area contributed by atoms with Gasteiger partial charge in [-0.2, -0.15) is 0 Å². The zero-order chi connectivity index (χ0) is 12.3. The topological polar surface area (TPSA) is 64.3 Å². The van der Waals surface area contributed by atoms with Crippen molar-refractivity contribution in [1.82, 2.24) is 0 Å². The predicted octanol–water partition coefficient (Wildman–Crippen LogP) is 1.82. The van der Waals surface area contributed by atoms with Gasteiger partial charge in [0.05, 0.1) is 0 Å². The number of carbonyl (C=O) groups excluding carboxylic acids is 1. The van der Waals surface area contributed by atoms with Crippen LogP contribution in [0.4, 0.5) is 5.69 Å². The molecule has 1 fully saturated rings. The number of carbonyl (C=O) groups is 1. The second-order valence-electron chi connectivity index (χ2n) is 4.37. The molecule has 1 aromatic rings. The SMILES string of the molecule is CC(N)c1ccccc1NC(=O)C1CCCO1. The van der Waals surface area contributed by atoms with Gasteiger partial charge in [0.15, 0.2) is 0 Å². The molecule has 0 aliphatic carbocycles. The molecule has 2 unspecified atom stereocenters. The number of ether oxygens (including phenoxy) is 1. The molecule has 92 valence electrons. The summed E-state index contributed by atoms with van der Waals surface area (Å²) in [5, 5.41) is 2.89. The monoisotopic (exact) mass is 234 g/mol. The van der Waals surface area contributed by atoms with Gasteiger partial charge < -0.3 is 15.8 Å². The molecule has 1 aromatic carbocycles. The molecule has 1 amide bonds. The Bertz CT molecular complexity index is 398. The van der Waals surface area contributed by atoms with Crippen LogP contribution >= 0.6 is 0 Å². The lowest BCUT2D eigenvalue weighted by Gasteiger charge is -2.15. The smallest absolute Gasteiger partial charge is 0.253 e. The van der Waals surface area contributed by atoms with Crippen LogP contribution in [0.1, 0.15) is 31.4 Å². The molecule has 0 spiro atoms. The van der Waals surface area contributed by atoms with E-state index in [9.17, 15) is 4.79 Å². The Hall–Kier alpha value is -1.39. The molecule has 2 rings (SSSR count). The number of para-hydroxylation sites is 1. The van der Waals surface area contributed by atoms with Crippen LogP contribution in [0.2, 0.25) is 0 Å². The zero-order valence-electron chi connectivity index (χ0n) is 9.98. The van der Waals surface area contributed by atoms with E-state index in [0.29, 0.717) is 6.61 Å². The first-order chi connectivity index (χ1) is 8.18. The Kier molecular flexibility index (Phi) is 3.76. The van der Waals surface area contributed by atoms with Gasteiger partial charge >= 0.3 is 0 Å². The highest BCUT2D eigenvalue weighted by Gasteiger charge is 2.24. The van der Waals surface area contributed by atoms with Gasteiger partial charge in [-0.15, -0.1) is 0 Å². The van der Waals surface area contributed by atoms with Crippen molar-refractivity contribution >= 4 is 11.6 Å². The fourth-order valence-corrected chi connectivity index (χ4v) is 2.01. The molecule has 3 N–H and O–H groups in total. The van der Waals surface area contributed by atoms with Crippen molar-refractivity contribution in [2.45, 2.75) is 31.9 Å². The van der Waals surface area contributed by atoms with Crippen LogP contribution in [0.15, 0.2) is 24.3 Å². The number of hydrogen-bond acceptors (Lipinski definition) is 3. The van der Waals surface area contributed by atoms with Gasteiger partial charge in [0, 0.05) is 18.3 Å². The fourth-order valence-electron chi connectivity index (χ4n) is 2.01. The third-order valence-corrected chi connectivity index (χ3v) is 2.93. The number of nitrogens with one attached hydrogen (secondary N) is 1. The zero-order valence-corrected chi connectivity index (χ0v) is 9.98. The van der Waals surface area contributed by atoms with Crippen molar-refractivity contribution in [3.8, 4) is 0 Å². The normalized spacial score (nSPS) is 21.2. The summed E-state index contributed by atoms with van der Waals surface area (Å²) in [6.07, 6.45) is 1.44. The maximum atomic E-state index is 11.9. The number of benzene rings is 1. The summed E-state index contributed by atoms with van der Waals surface area (Å²) < 4.78 is 5.34. The van der Waals surface area contributed by atoms with Crippen molar-refractivity contribution in [3.05, 3.63) is 29.8 Å². The average molecular weight is 234 g/mol. The van der Waals surface area contributed by atoms with Crippen LogP contribution < -0.4 is 11.1 Å². The third-order valence-electron chi connectivity index (χ3n) is 2.93. The minimum atomic E-state index is -0.309. The van der Waals surface area contributed by atoms with Crippen LogP contribution in [0.25, 0.3) is 0 Å². The van der Waals surface area contributed by atoms with E-state index >= 15 is 0 Å². The highest BCUT2D eigenvalue weighted by atomic mass is 16.5. The van der Waals surface area contributed by atoms with Crippen LogP contribution in [-0.2, 0) is 9.53 Å². The van der Waals surface area contributed by atoms with E-state index in [1.54, 1.807) is 0 Å². The van der Waals surface area contributed by atoms with E-state index < -0.39 is 0 Å². The molecular weight excluding hydrogens is 216 g/mol. The van der Waals surface area contributed by atoms with Gasteiger partial charge in [-0.1, -0.05) is 18.2 Å². The van der Waals surface area contributed by atoms with E-state index in [-0.39, 0.29) is 18.1 Å². The van der Waals surface area contributed by atoms with Gasteiger partial charge in [-0.05, 0) is 31.4 Å². The van der Waals surface area contributed by atoms with Crippen molar-refractivity contribution < 1.29 is 9.53 Å². The Balaban J connectivity index is 2.09. The number of amides is 1. The largest absolute Gasteiger partial charge is 0.368 e. The predicted molar refractivity (Wildman–Crippen MR) is 66.6 cm³/mol. The van der Waals surface area contributed by atoms with E-state index in [1.807, 2.05) is 31.2 Å². The molecule has 0 aromatic heterocycles. The van der Waals surface area contributed by atoms with Gasteiger partial charge in [0.1, 0.15) is 6.10 Å². The first kappa shape index (κ1) is 12.1. The van der Waals surface area contributed by atoms with Crippen molar-refractivity contribution in [2.24, 2.45) is 5.73 Å². The highest BCUT2D eigenvalue weighted by Crippen LogP contribution is 2.22. The summed E-state index contributed by atoms with van der Waals surface area (Å²) in [7, 11) is 0. The third kappa shape index (κ3) is 2.84. The summed E-state index contributed by atoms with van der Waals surface area (Å²) in [4.78, 5) is 11.9. The maximum Gasteiger partial charge on any atom is 0.253 e. The molecule has 1 heterocycles. The maximum absolute atomic E-state index is 11.9. The van der Waals surface area contributed by atoms with Crippen LogP contribution in [0.5, 0.6) is 0 Å². The van der Waals surface area contributed by atoms with Gasteiger partial charge in [0.2, 0.25) is 0 Å². The molecule has 2 atom stereocenters. The molecule has 4 nitrogen and oxygen atoms in total. The summed E-state index contributed by atoms with van der Waals surface area (Å²) >= 11 is 0. The van der Waals surface area contributed by atoms with Gasteiger partial charge in [0.25, 0.3) is 5.91 Å². The van der Waals surface area contributed by atoms with E-state index in [4.69, 9.17) is 10.5 Å². The van der Waals surface area contributed by atoms with E-state index in [0.717, 1.165) is 24.1 Å². The lowest BCUT2D eigenvalue weighted by atomic mass is 10.1. The standard InChI is InChI=1S/C13H18N2O2/c1-9(14)10-5-2-3-6-11(10)15-13(16)12-7-4-8-17-12/h2-3,5-6,9,12H,4,7-8,14H2,1H3,(H,15,16). The van der Waals surface area contributed by atoms with E-state index in [1.165, 1.54) is 0 Å². The number of nitrogens with two attached hydrogens (primary N) is 1. The minimum absolute atomic E-state index is 0.0735. The molecule has 4 heteroatoms. The van der Waals surface area contributed by atoms with Gasteiger partial charge in [-0.25, -0.2) is 0 Å². The Morgan fingerprint density at radius 3 is 2.94 bits per heavy atom. The molecule has 1 saturated heterocycles. The Morgan fingerprint density at radius 2 is 2.29 bits per heavy atom. The van der Waals surface area contributed by atoms with Crippen LogP contribution in [0.3, 0.4) is 0 Å². The fraction of sp³-hybridized carbons (Fsp3) is 0.462. The summed E-state index contributed by atoms with van der Waals surface area (Å²) in [6.45, 7) is 2.57. The number of anilines is 1. The van der Waals surface area contributed by atoms with E-state index in [2.05, 4.69) is 5.32 Å². The summed E-state index contributed by atoms with van der Waals surface area (Å²) in [6, 6.07) is 7.50. The van der Waals surface area contributed by atoms with Crippen LogP contribution in [0, 0.1) is 0 Å². The van der Waals surface area contributed by atoms with Crippen molar-refractivity contribution in [2.75, 3.05) is 11.9 Å². The van der Waals surface area contributed by atoms with Gasteiger partial charge in [-0.3, -0.25) is 4.79 Å². The number of rotatable bonds is 3.